The van der Waals surface area contributed by atoms with Crippen LogP contribution in [0, 0.1) is 5.82 Å². The van der Waals surface area contributed by atoms with Crippen molar-refractivity contribution in [2.45, 2.75) is 55.1 Å². The molecular formula is C17H23ClFN3O5S2. The Kier molecular flexibility index (Phi) is 6.54. The summed E-state index contributed by atoms with van der Waals surface area (Å²) in [5, 5.41) is 2.56. The van der Waals surface area contributed by atoms with Crippen molar-refractivity contribution in [3.63, 3.8) is 0 Å². The van der Waals surface area contributed by atoms with Gasteiger partial charge in [-0.25, -0.2) is 25.9 Å². The van der Waals surface area contributed by atoms with Crippen LogP contribution >= 0.6 is 11.6 Å². The van der Waals surface area contributed by atoms with E-state index in [1.807, 2.05) is 0 Å². The van der Waals surface area contributed by atoms with E-state index in [2.05, 4.69) is 10.0 Å². The Hall–Kier alpha value is -1.27. The van der Waals surface area contributed by atoms with Crippen LogP contribution in [0.4, 0.5) is 4.39 Å². The molecule has 0 aliphatic carbocycles. The van der Waals surface area contributed by atoms with Crippen LogP contribution in [0.2, 0.25) is 5.02 Å². The molecule has 3 rings (SSSR count). The summed E-state index contributed by atoms with van der Waals surface area (Å²) in [5.41, 5.74) is 0. The molecule has 2 fully saturated rings. The smallest absolute Gasteiger partial charge is 0.240 e. The Morgan fingerprint density at radius 1 is 1.21 bits per heavy atom. The zero-order chi connectivity index (χ0) is 21.4. The van der Waals surface area contributed by atoms with Gasteiger partial charge in [0.15, 0.2) is 0 Å². The normalized spacial score (nSPS) is 25.1. The molecule has 2 unspecified atom stereocenters. The fraction of sp³-hybridized carbons (Fsp3) is 0.588. The highest BCUT2D eigenvalue weighted by Gasteiger charge is 2.45. The number of piperidine rings is 1. The second-order valence-corrected chi connectivity index (χ2v) is 11.5. The Bertz CT molecular complexity index is 988. The van der Waals surface area contributed by atoms with E-state index in [9.17, 15) is 26.0 Å². The lowest BCUT2D eigenvalue weighted by Crippen LogP contribution is -2.52. The maximum atomic E-state index is 13.2. The van der Waals surface area contributed by atoms with Crippen LogP contribution in [0.5, 0.6) is 0 Å². The number of amides is 1. The first kappa shape index (κ1) is 22.4. The zero-order valence-corrected chi connectivity index (χ0v) is 18.2. The van der Waals surface area contributed by atoms with Gasteiger partial charge in [-0.05, 0) is 43.9 Å². The average Bonchev–Trinajstić information content (AvgIpc) is 2.89. The van der Waals surface area contributed by atoms with Gasteiger partial charge in [0.2, 0.25) is 26.0 Å². The number of benzene rings is 1. The Morgan fingerprint density at radius 2 is 1.83 bits per heavy atom. The molecule has 2 heterocycles. The molecule has 0 aromatic heterocycles. The average molecular weight is 468 g/mol. The lowest BCUT2D eigenvalue weighted by molar-refractivity contribution is -0.122. The first-order chi connectivity index (χ1) is 13.5. The first-order valence-electron chi connectivity index (χ1n) is 9.20. The first-order valence-corrected chi connectivity index (χ1v) is 12.9. The molecule has 2 aliphatic rings. The van der Waals surface area contributed by atoms with Gasteiger partial charge in [-0.1, -0.05) is 11.6 Å². The number of rotatable bonds is 7. The van der Waals surface area contributed by atoms with Gasteiger partial charge in [0, 0.05) is 31.1 Å². The number of carbonyl (C=O) groups excluding carboxylic acids is 1. The van der Waals surface area contributed by atoms with Crippen LogP contribution in [0.25, 0.3) is 0 Å². The highest BCUT2D eigenvalue weighted by molar-refractivity contribution is 7.89. The molecule has 29 heavy (non-hydrogen) atoms. The molecule has 1 amide bonds. The van der Waals surface area contributed by atoms with Crippen molar-refractivity contribution in [2.24, 2.45) is 0 Å². The molecule has 8 nitrogen and oxygen atoms in total. The molecule has 0 radical (unpaired) electrons. The summed E-state index contributed by atoms with van der Waals surface area (Å²) in [5.74, 6) is -1.04. The number of nitrogens with one attached hydrogen (secondary N) is 2. The van der Waals surface area contributed by atoms with Crippen LogP contribution in [0.15, 0.2) is 23.1 Å². The van der Waals surface area contributed by atoms with Crippen molar-refractivity contribution in [3.05, 3.63) is 29.0 Å². The highest BCUT2D eigenvalue weighted by Crippen LogP contribution is 2.37. The molecule has 2 N–H and O–H groups in total. The van der Waals surface area contributed by atoms with E-state index < -0.39 is 25.9 Å². The molecule has 1 aromatic rings. The minimum atomic E-state index is -3.91. The van der Waals surface area contributed by atoms with Gasteiger partial charge in [0.05, 0.1) is 16.2 Å². The second-order valence-electron chi connectivity index (χ2n) is 7.44. The summed E-state index contributed by atoms with van der Waals surface area (Å²) >= 11 is 5.61. The van der Waals surface area contributed by atoms with Gasteiger partial charge in [0.25, 0.3) is 0 Å². The Labute approximate surface area is 174 Å². The maximum Gasteiger partial charge on any atom is 0.240 e. The van der Waals surface area contributed by atoms with E-state index >= 15 is 0 Å². The van der Waals surface area contributed by atoms with Gasteiger partial charge >= 0.3 is 0 Å². The van der Waals surface area contributed by atoms with Crippen molar-refractivity contribution in [2.75, 3.05) is 12.8 Å². The van der Waals surface area contributed by atoms with Crippen LogP contribution in [0.3, 0.4) is 0 Å². The van der Waals surface area contributed by atoms with E-state index in [4.69, 9.17) is 11.6 Å². The number of halogens is 2. The topological polar surface area (TPSA) is 113 Å². The predicted molar refractivity (Wildman–Crippen MR) is 106 cm³/mol. The lowest BCUT2D eigenvalue weighted by Gasteiger charge is -2.37. The van der Waals surface area contributed by atoms with E-state index in [0.717, 1.165) is 31.0 Å². The van der Waals surface area contributed by atoms with Gasteiger partial charge in [0.1, 0.15) is 5.82 Å². The highest BCUT2D eigenvalue weighted by atomic mass is 35.5. The Balaban J connectivity index is 1.49. The second kappa shape index (κ2) is 8.46. The van der Waals surface area contributed by atoms with Crippen molar-refractivity contribution in [3.8, 4) is 0 Å². The van der Waals surface area contributed by atoms with Gasteiger partial charge < -0.3 is 5.32 Å². The van der Waals surface area contributed by atoms with Crippen LogP contribution < -0.4 is 10.0 Å². The lowest BCUT2D eigenvalue weighted by atomic mass is 9.99. The molecule has 0 saturated carbocycles. The van der Waals surface area contributed by atoms with Gasteiger partial charge in [-0.15, -0.1) is 0 Å². The predicted octanol–water partition coefficient (Wildman–Crippen LogP) is 1.22. The third-order valence-electron chi connectivity index (χ3n) is 5.26. The SMILES string of the molecule is CS(=O)(=O)N1C2CCC1CC(NC(=O)CCNS(=O)(=O)c1ccc(F)c(Cl)c1)C2. The molecule has 162 valence electrons. The summed E-state index contributed by atoms with van der Waals surface area (Å²) in [6, 6.07) is 2.72. The standard InChI is InChI=1S/C17H23ClFN3O5S2/c1-28(24,25)22-12-2-3-13(22)9-11(8-12)21-17(23)6-7-20-29(26,27)14-4-5-16(19)15(18)10-14/h4-5,10-13,20H,2-3,6-9H2,1H3,(H,21,23). The van der Waals surface area contributed by atoms with Crippen LogP contribution in [-0.2, 0) is 24.8 Å². The molecular weight excluding hydrogens is 445 g/mol. The number of hydrogen-bond donors (Lipinski definition) is 2. The van der Waals surface area contributed by atoms with Crippen LogP contribution in [-0.4, -0.2) is 58.0 Å². The number of hydrogen-bond acceptors (Lipinski definition) is 5. The summed E-state index contributed by atoms with van der Waals surface area (Å²) in [6.45, 7) is -0.127. The maximum absolute atomic E-state index is 13.2. The molecule has 2 bridgehead atoms. The van der Waals surface area contributed by atoms with Crippen LogP contribution in [0.1, 0.15) is 32.1 Å². The fourth-order valence-corrected chi connectivity index (χ4v) is 6.89. The quantitative estimate of drug-likeness (QED) is 0.626. The van der Waals surface area contributed by atoms with Crippen molar-refractivity contribution < 1.29 is 26.0 Å². The van der Waals surface area contributed by atoms with Crippen molar-refractivity contribution >= 4 is 37.6 Å². The molecule has 1 aromatic carbocycles. The number of sulfonamides is 2. The number of carbonyl (C=O) groups is 1. The third kappa shape index (κ3) is 5.26. The minimum absolute atomic E-state index is 0.0736. The Morgan fingerprint density at radius 3 is 2.38 bits per heavy atom. The van der Waals surface area contributed by atoms with E-state index in [0.29, 0.717) is 12.8 Å². The van der Waals surface area contributed by atoms with E-state index in [1.165, 1.54) is 6.26 Å². The fourth-order valence-electron chi connectivity index (χ4n) is 4.12. The largest absolute Gasteiger partial charge is 0.353 e. The molecule has 12 heteroatoms. The molecule has 2 atom stereocenters. The van der Waals surface area contributed by atoms with Crippen molar-refractivity contribution in [1.29, 1.82) is 0 Å². The molecule has 2 aliphatic heterocycles. The zero-order valence-electron chi connectivity index (χ0n) is 15.8. The summed E-state index contributed by atoms with van der Waals surface area (Å²) < 4.78 is 65.3. The summed E-state index contributed by atoms with van der Waals surface area (Å²) in [7, 11) is -7.18. The monoisotopic (exact) mass is 467 g/mol. The third-order valence-corrected chi connectivity index (χ3v) is 8.37. The number of fused-ring (bicyclic) bond motifs is 2. The molecule has 0 spiro atoms. The van der Waals surface area contributed by atoms with Crippen molar-refractivity contribution in [1.82, 2.24) is 14.3 Å². The molecule has 2 saturated heterocycles. The van der Waals surface area contributed by atoms with E-state index in [-0.39, 0.29) is 46.9 Å². The van der Waals surface area contributed by atoms with E-state index in [1.54, 1.807) is 4.31 Å². The van der Waals surface area contributed by atoms with Gasteiger partial charge in [-0.2, -0.15) is 4.31 Å². The number of nitrogens with zero attached hydrogens (tertiary/aromatic N) is 1. The summed E-state index contributed by atoms with van der Waals surface area (Å²) in [6.07, 6.45) is 3.80. The summed E-state index contributed by atoms with van der Waals surface area (Å²) in [4.78, 5) is 12.0. The van der Waals surface area contributed by atoms with Gasteiger partial charge in [-0.3, -0.25) is 4.79 Å². The minimum Gasteiger partial charge on any atom is -0.353 e.